The fourth-order valence-corrected chi connectivity index (χ4v) is 4.93. The van der Waals surface area contributed by atoms with Gasteiger partial charge in [-0.25, -0.2) is 8.42 Å². The smallest absolute Gasteiger partial charge is 0.242 e. The molecule has 0 spiro atoms. The van der Waals surface area contributed by atoms with Crippen LogP contribution in [-0.4, -0.2) is 27.0 Å². The van der Waals surface area contributed by atoms with Crippen LogP contribution in [0.15, 0.2) is 82.2 Å². The van der Waals surface area contributed by atoms with Gasteiger partial charge in [0.1, 0.15) is 11.8 Å². The van der Waals surface area contributed by atoms with E-state index < -0.39 is 22.0 Å². The van der Waals surface area contributed by atoms with Crippen molar-refractivity contribution in [2.24, 2.45) is 0 Å². The number of hydrogen-bond acceptors (Lipinski definition) is 4. The topological polar surface area (TPSA) is 84.5 Å². The molecule has 3 aromatic carbocycles. The van der Waals surface area contributed by atoms with Gasteiger partial charge in [-0.3, -0.25) is 4.79 Å². The first-order chi connectivity index (χ1) is 15.3. The van der Waals surface area contributed by atoms with Gasteiger partial charge in [0.15, 0.2) is 0 Å². The number of carbonyl (C=O) groups excluding carboxylic acids is 1. The summed E-state index contributed by atoms with van der Waals surface area (Å²) >= 11 is 9.52. The van der Waals surface area contributed by atoms with Gasteiger partial charge in [-0.2, -0.15) is 4.72 Å². The molecule has 0 bridgehead atoms. The maximum Gasteiger partial charge on any atom is 0.242 e. The largest absolute Gasteiger partial charge is 0.492 e. The quantitative estimate of drug-likeness (QED) is 0.401. The molecule has 0 saturated heterocycles. The van der Waals surface area contributed by atoms with E-state index in [4.69, 9.17) is 16.3 Å². The molecular weight excluding hydrogens is 516 g/mol. The van der Waals surface area contributed by atoms with Crippen LogP contribution in [0, 0.1) is 0 Å². The molecule has 0 radical (unpaired) electrons. The van der Waals surface area contributed by atoms with E-state index in [0.717, 1.165) is 10.0 Å². The van der Waals surface area contributed by atoms with E-state index in [2.05, 4.69) is 26.0 Å². The number of nitrogens with one attached hydrogen (secondary N) is 2. The van der Waals surface area contributed by atoms with Crippen LogP contribution in [0.25, 0.3) is 0 Å². The van der Waals surface area contributed by atoms with Crippen LogP contribution in [0.4, 0.5) is 5.69 Å². The minimum Gasteiger partial charge on any atom is -0.492 e. The van der Waals surface area contributed by atoms with Crippen LogP contribution >= 0.6 is 27.5 Å². The summed E-state index contributed by atoms with van der Waals surface area (Å²) in [5, 5.41) is 2.95. The molecule has 0 saturated carbocycles. The van der Waals surface area contributed by atoms with E-state index >= 15 is 0 Å². The molecule has 1 atom stereocenters. The summed E-state index contributed by atoms with van der Waals surface area (Å²) < 4.78 is 34.8. The highest BCUT2D eigenvalue weighted by atomic mass is 79.9. The van der Waals surface area contributed by atoms with Crippen molar-refractivity contribution >= 4 is 49.1 Å². The molecular formula is C23H22BrClN2O4S. The zero-order chi connectivity index (χ0) is 23.1. The van der Waals surface area contributed by atoms with Crippen LogP contribution < -0.4 is 14.8 Å². The molecule has 0 aliphatic carbocycles. The molecule has 0 heterocycles. The average molecular weight is 538 g/mol. The fraction of sp³-hybridized carbons (Fsp3) is 0.174. The Labute approximate surface area is 201 Å². The maximum absolute atomic E-state index is 13.1. The van der Waals surface area contributed by atoms with Crippen LogP contribution in [0.5, 0.6) is 5.75 Å². The molecule has 3 rings (SSSR count). The molecule has 9 heteroatoms. The van der Waals surface area contributed by atoms with Gasteiger partial charge in [0.25, 0.3) is 0 Å². The second kappa shape index (κ2) is 11.0. The van der Waals surface area contributed by atoms with Gasteiger partial charge >= 0.3 is 0 Å². The lowest BCUT2D eigenvalue weighted by atomic mass is 10.1. The Morgan fingerprint density at radius 1 is 1.06 bits per heavy atom. The Bertz CT molecular complexity index is 1190. The molecule has 0 aliphatic heterocycles. The van der Waals surface area contributed by atoms with E-state index in [-0.39, 0.29) is 16.3 Å². The zero-order valence-electron chi connectivity index (χ0n) is 17.2. The van der Waals surface area contributed by atoms with Gasteiger partial charge in [-0.15, -0.1) is 0 Å². The van der Waals surface area contributed by atoms with Crippen molar-refractivity contribution in [3.05, 3.63) is 87.9 Å². The SMILES string of the molecule is CCOc1ccc(S(=O)(=O)N[C@H](Cc2ccccc2)C(=O)Nc2cccc(Br)c2)cc1Cl. The molecule has 32 heavy (non-hydrogen) atoms. The van der Waals surface area contributed by atoms with Crippen LogP contribution in [0.2, 0.25) is 5.02 Å². The fourth-order valence-electron chi connectivity index (χ4n) is 3.01. The second-order valence-electron chi connectivity index (χ2n) is 6.89. The third kappa shape index (κ3) is 6.56. The summed E-state index contributed by atoms with van der Waals surface area (Å²) in [7, 11) is -4.04. The Morgan fingerprint density at radius 3 is 2.47 bits per heavy atom. The van der Waals surface area contributed by atoms with Crippen LogP contribution in [-0.2, 0) is 21.2 Å². The summed E-state index contributed by atoms with van der Waals surface area (Å²) in [6.45, 7) is 2.21. The van der Waals surface area contributed by atoms with Crippen LogP contribution in [0.3, 0.4) is 0 Å². The molecule has 168 valence electrons. The standard InChI is InChI=1S/C23H22BrClN2O4S/c1-2-31-22-12-11-19(15-20(22)25)32(29,30)27-21(13-16-7-4-3-5-8-16)23(28)26-18-10-6-9-17(24)14-18/h3-12,14-15,21,27H,2,13H2,1H3,(H,26,28)/t21-/m1/s1. The summed E-state index contributed by atoms with van der Waals surface area (Å²) in [4.78, 5) is 13.0. The van der Waals surface area contributed by atoms with Gasteiger partial charge in [0.2, 0.25) is 15.9 Å². The number of ether oxygens (including phenoxy) is 1. The number of sulfonamides is 1. The summed E-state index contributed by atoms with van der Waals surface area (Å²) in [6.07, 6.45) is 0.171. The second-order valence-corrected chi connectivity index (χ2v) is 9.93. The van der Waals surface area contributed by atoms with Gasteiger partial charge in [0, 0.05) is 10.2 Å². The van der Waals surface area contributed by atoms with Crippen molar-refractivity contribution in [3.63, 3.8) is 0 Å². The predicted octanol–water partition coefficient (Wildman–Crippen LogP) is 5.03. The number of amides is 1. The Morgan fingerprint density at radius 2 is 1.81 bits per heavy atom. The number of halogens is 2. The van der Waals surface area contributed by atoms with E-state index in [9.17, 15) is 13.2 Å². The summed E-state index contributed by atoms with van der Waals surface area (Å²) in [5.74, 6) is -0.0890. The zero-order valence-corrected chi connectivity index (χ0v) is 20.4. The molecule has 0 unspecified atom stereocenters. The first kappa shape index (κ1) is 24.3. The highest BCUT2D eigenvalue weighted by molar-refractivity contribution is 9.10. The van der Waals surface area contributed by atoms with Gasteiger partial charge in [-0.05, 0) is 55.3 Å². The minimum atomic E-state index is -4.04. The van der Waals surface area contributed by atoms with Crippen molar-refractivity contribution in [3.8, 4) is 5.75 Å². The van der Waals surface area contributed by atoms with E-state index in [1.165, 1.54) is 18.2 Å². The Hall–Kier alpha value is -2.39. The predicted molar refractivity (Wildman–Crippen MR) is 130 cm³/mol. The first-order valence-electron chi connectivity index (χ1n) is 9.83. The van der Waals surface area contributed by atoms with E-state index in [0.29, 0.717) is 18.0 Å². The molecule has 0 aliphatic rings. The monoisotopic (exact) mass is 536 g/mol. The average Bonchev–Trinajstić information content (AvgIpc) is 2.75. The van der Waals surface area contributed by atoms with Crippen molar-refractivity contribution < 1.29 is 17.9 Å². The molecule has 3 aromatic rings. The molecule has 6 nitrogen and oxygen atoms in total. The molecule has 2 N–H and O–H groups in total. The lowest BCUT2D eigenvalue weighted by Gasteiger charge is -2.19. The van der Waals surface area contributed by atoms with Gasteiger partial charge < -0.3 is 10.1 Å². The van der Waals surface area contributed by atoms with Gasteiger partial charge in [0.05, 0.1) is 16.5 Å². The normalized spacial score (nSPS) is 12.2. The molecule has 0 aromatic heterocycles. The number of carbonyl (C=O) groups is 1. The number of hydrogen-bond donors (Lipinski definition) is 2. The Balaban J connectivity index is 1.87. The van der Waals surface area contributed by atoms with Gasteiger partial charge in [-0.1, -0.05) is 63.9 Å². The maximum atomic E-state index is 13.1. The van der Waals surface area contributed by atoms with Crippen molar-refractivity contribution in [2.45, 2.75) is 24.3 Å². The van der Waals surface area contributed by atoms with Crippen molar-refractivity contribution in [1.82, 2.24) is 4.72 Å². The third-order valence-corrected chi connectivity index (χ3v) is 6.76. The van der Waals surface area contributed by atoms with Crippen LogP contribution in [0.1, 0.15) is 12.5 Å². The number of anilines is 1. The highest BCUT2D eigenvalue weighted by Gasteiger charge is 2.27. The lowest BCUT2D eigenvalue weighted by molar-refractivity contribution is -0.117. The molecule has 1 amide bonds. The van der Waals surface area contributed by atoms with E-state index in [1.54, 1.807) is 25.1 Å². The van der Waals surface area contributed by atoms with E-state index in [1.807, 2.05) is 36.4 Å². The highest BCUT2D eigenvalue weighted by Crippen LogP contribution is 2.27. The molecule has 0 fully saturated rings. The summed E-state index contributed by atoms with van der Waals surface area (Å²) in [5.41, 5.74) is 1.36. The summed E-state index contributed by atoms with van der Waals surface area (Å²) in [6, 6.07) is 19.4. The Kier molecular flexibility index (Phi) is 8.31. The lowest BCUT2D eigenvalue weighted by Crippen LogP contribution is -2.45. The van der Waals surface area contributed by atoms with Crippen molar-refractivity contribution in [2.75, 3.05) is 11.9 Å². The van der Waals surface area contributed by atoms with Crippen molar-refractivity contribution in [1.29, 1.82) is 0 Å². The first-order valence-corrected chi connectivity index (χ1v) is 12.5. The number of benzene rings is 3. The third-order valence-electron chi connectivity index (χ3n) is 4.50. The number of rotatable bonds is 9. The minimum absolute atomic E-state index is 0.0562.